The van der Waals surface area contributed by atoms with Gasteiger partial charge in [-0.3, -0.25) is 9.59 Å². The van der Waals surface area contributed by atoms with Gasteiger partial charge in [-0.1, -0.05) is 0 Å². The van der Waals surface area contributed by atoms with Crippen LogP contribution < -0.4 is 15.4 Å². The molecule has 8 nitrogen and oxygen atoms in total. The standard InChI is InChI=1S/C14H19N3O5S/c1-9(18)16-11-2-4-13(5-3-11)23(21,22)17-12-6-10(14(19)20)7-15-8-12/h2-5,10,12,15,17H,6-8H2,1H3,(H,16,18)(H,19,20). The van der Waals surface area contributed by atoms with Crippen LogP contribution in [0.25, 0.3) is 0 Å². The number of carboxylic acids is 1. The Morgan fingerprint density at radius 1 is 1.22 bits per heavy atom. The molecule has 2 rings (SSSR count). The molecule has 1 saturated heterocycles. The highest BCUT2D eigenvalue weighted by molar-refractivity contribution is 7.89. The van der Waals surface area contributed by atoms with Crippen molar-refractivity contribution in [3.05, 3.63) is 24.3 Å². The van der Waals surface area contributed by atoms with E-state index in [1.165, 1.54) is 31.2 Å². The second-order valence-electron chi connectivity index (χ2n) is 5.45. The lowest BCUT2D eigenvalue weighted by Gasteiger charge is -2.28. The molecule has 23 heavy (non-hydrogen) atoms. The Bertz CT molecular complexity index is 687. The summed E-state index contributed by atoms with van der Waals surface area (Å²) in [5.74, 6) is -1.80. The molecule has 9 heteroatoms. The van der Waals surface area contributed by atoms with Crippen molar-refractivity contribution >= 4 is 27.6 Å². The summed E-state index contributed by atoms with van der Waals surface area (Å²) in [6, 6.07) is 5.28. The highest BCUT2D eigenvalue weighted by atomic mass is 32.2. The zero-order valence-corrected chi connectivity index (χ0v) is 13.4. The fourth-order valence-electron chi connectivity index (χ4n) is 2.43. The van der Waals surface area contributed by atoms with Crippen molar-refractivity contribution in [3.63, 3.8) is 0 Å². The summed E-state index contributed by atoms with van der Waals surface area (Å²) in [5.41, 5.74) is 0.502. The molecule has 1 aliphatic heterocycles. The lowest BCUT2D eigenvalue weighted by Crippen LogP contribution is -2.50. The maximum Gasteiger partial charge on any atom is 0.307 e. The number of hydrogen-bond donors (Lipinski definition) is 4. The summed E-state index contributed by atoms with van der Waals surface area (Å²) in [7, 11) is -3.75. The Morgan fingerprint density at radius 3 is 2.43 bits per heavy atom. The Morgan fingerprint density at radius 2 is 1.87 bits per heavy atom. The monoisotopic (exact) mass is 341 g/mol. The molecule has 1 heterocycles. The molecule has 4 N–H and O–H groups in total. The van der Waals surface area contributed by atoms with E-state index in [1.807, 2.05) is 0 Å². The lowest BCUT2D eigenvalue weighted by atomic mass is 9.97. The second-order valence-corrected chi connectivity index (χ2v) is 7.17. The number of piperidine rings is 1. The molecule has 1 fully saturated rings. The van der Waals surface area contributed by atoms with Crippen LogP contribution in [-0.4, -0.2) is 44.5 Å². The topological polar surface area (TPSA) is 125 Å². The number of carboxylic acid groups (broad SMARTS) is 1. The minimum Gasteiger partial charge on any atom is -0.481 e. The summed E-state index contributed by atoms with van der Waals surface area (Å²) in [6.45, 7) is 2.08. The fraction of sp³-hybridized carbons (Fsp3) is 0.429. The third kappa shape index (κ3) is 4.75. The molecule has 0 spiro atoms. The van der Waals surface area contributed by atoms with Crippen LogP contribution in [0, 0.1) is 5.92 Å². The molecule has 1 amide bonds. The van der Waals surface area contributed by atoms with E-state index in [0.717, 1.165) is 0 Å². The predicted molar refractivity (Wildman–Crippen MR) is 83.5 cm³/mol. The van der Waals surface area contributed by atoms with Crippen molar-refractivity contribution in [2.24, 2.45) is 5.92 Å². The van der Waals surface area contributed by atoms with Gasteiger partial charge in [0, 0.05) is 31.7 Å². The molecule has 0 aliphatic carbocycles. The van der Waals surface area contributed by atoms with Gasteiger partial charge >= 0.3 is 5.97 Å². The molecule has 1 aliphatic rings. The quantitative estimate of drug-likeness (QED) is 0.597. The lowest BCUT2D eigenvalue weighted by molar-refractivity contribution is -0.142. The van der Waals surface area contributed by atoms with E-state index in [0.29, 0.717) is 18.8 Å². The highest BCUT2D eigenvalue weighted by Gasteiger charge is 2.29. The summed E-state index contributed by atoms with van der Waals surface area (Å²) in [4.78, 5) is 22.0. The van der Waals surface area contributed by atoms with Crippen LogP contribution in [0.5, 0.6) is 0 Å². The molecule has 0 bridgehead atoms. The number of sulfonamides is 1. The first kappa shape index (κ1) is 17.4. The van der Waals surface area contributed by atoms with E-state index in [9.17, 15) is 18.0 Å². The third-order valence-corrected chi connectivity index (χ3v) is 5.04. The minimum atomic E-state index is -3.75. The number of rotatable bonds is 5. The van der Waals surface area contributed by atoms with Gasteiger partial charge in [-0.2, -0.15) is 0 Å². The smallest absolute Gasteiger partial charge is 0.307 e. The largest absolute Gasteiger partial charge is 0.481 e. The number of nitrogens with one attached hydrogen (secondary N) is 3. The van der Waals surface area contributed by atoms with E-state index in [2.05, 4.69) is 15.4 Å². The first-order valence-corrected chi connectivity index (χ1v) is 8.60. The number of carbonyl (C=O) groups is 2. The van der Waals surface area contributed by atoms with Crippen molar-refractivity contribution in [2.45, 2.75) is 24.3 Å². The normalized spacial score (nSPS) is 21.6. The maximum atomic E-state index is 12.3. The van der Waals surface area contributed by atoms with Crippen LogP contribution in [0.3, 0.4) is 0 Å². The van der Waals surface area contributed by atoms with Crippen molar-refractivity contribution in [2.75, 3.05) is 18.4 Å². The highest BCUT2D eigenvalue weighted by Crippen LogP contribution is 2.17. The van der Waals surface area contributed by atoms with Crippen LogP contribution in [0.15, 0.2) is 29.2 Å². The Kier molecular flexibility index (Phi) is 5.34. The molecule has 2 atom stereocenters. The van der Waals surface area contributed by atoms with E-state index in [1.54, 1.807) is 0 Å². The summed E-state index contributed by atoms with van der Waals surface area (Å²) in [6.07, 6.45) is 0.242. The number of carbonyl (C=O) groups excluding carboxylic acids is 1. The average Bonchev–Trinajstić information content (AvgIpc) is 2.47. The zero-order chi connectivity index (χ0) is 17.0. The Labute approximate surface area is 134 Å². The van der Waals surface area contributed by atoms with E-state index in [4.69, 9.17) is 5.11 Å². The van der Waals surface area contributed by atoms with Gasteiger partial charge < -0.3 is 15.7 Å². The van der Waals surface area contributed by atoms with Crippen molar-refractivity contribution in [3.8, 4) is 0 Å². The van der Waals surface area contributed by atoms with Crippen molar-refractivity contribution < 1.29 is 23.1 Å². The maximum absolute atomic E-state index is 12.3. The molecule has 1 aromatic rings. The fourth-order valence-corrected chi connectivity index (χ4v) is 3.68. The van der Waals surface area contributed by atoms with Crippen LogP contribution >= 0.6 is 0 Å². The van der Waals surface area contributed by atoms with Gasteiger partial charge in [-0.25, -0.2) is 13.1 Å². The zero-order valence-electron chi connectivity index (χ0n) is 12.6. The summed E-state index contributed by atoms with van der Waals surface area (Å²) < 4.78 is 27.2. The second kappa shape index (κ2) is 7.07. The molecule has 126 valence electrons. The SMILES string of the molecule is CC(=O)Nc1ccc(S(=O)(=O)NC2CNCC(C(=O)O)C2)cc1. The average molecular weight is 341 g/mol. The van der Waals surface area contributed by atoms with Crippen molar-refractivity contribution in [1.82, 2.24) is 10.0 Å². The molecule has 0 saturated carbocycles. The van der Waals surface area contributed by atoms with Crippen molar-refractivity contribution in [1.29, 1.82) is 0 Å². The molecular weight excluding hydrogens is 322 g/mol. The number of anilines is 1. The Balaban J connectivity index is 2.06. The van der Waals surface area contributed by atoms with Gasteiger partial charge in [0.25, 0.3) is 0 Å². The van der Waals surface area contributed by atoms with Gasteiger partial charge in [0.15, 0.2) is 0 Å². The molecule has 0 aromatic heterocycles. The molecule has 1 aromatic carbocycles. The molecule has 0 radical (unpaired) electrons. The predicted octanol–water partition coefficient (Wildman–Crippen LogP) is -0.0140. The Hall–Kier alpha value is -1.97. The van der Waals surface area contributed by atoms with Crippen LogP contribution in [0.4, 0.5) is 5.69 Å². The number of hydrogen-bond acceptors (Lipinski definition) is 5. The van der Waals surface area contributed by atoms with E-state index >= 15 is 0 Å². The first-order chi connectivity index (χ1) is 10.8. The minimum absolute atomic E-state index is 0.0593. The van der Waals surface area contributed by atoms with Crippen LogP contribution in [0.1, 0.15) is 13.3 Å². The number of aliphatic carboxylic acids is 1. The third-order valence-electron chi connectivity index (χ3n) is 3.51. The first-order valence-electron chi connectivity index (χ1n) is 7.11. The van der Waals surface area contributed by atoms with Crippen LogP contribution in [-0.2, 0) is 19.6 Å². The molecule has 2 unspecified atom stereocenters. The van der Waals surface area contributed by atoms with Gasteiger partial charge in [0.1, 0.15) is 0 Å². The summed E-state index contributed by atoms with van der Waals surface area (Å²) in [5, 5.41) is 14.5. The molecular formula is C14H19N3O5S. The summed E-state index contributed by atoms with van der Waals surface area (Å²) >= 11 is 0. The van der Waals surface area contributed by atoms with Gasteiger partial charge in [0.2, 0.25) is 15.9 Å². The van der Waals surface area contributed by atoms with E-state index in [-0.39, 0.29) is 17.2 Å². The number of amides is 1. The van der Waals surface area contributed by atoms with Gasteiger partial charge in [0.05, 0.1) is 10.8 Å². The van der Waals surface area contributed by atoms with Gasteiger partial charge in [-0.05, 0) is 30.7 Å². The van der Waals surface area contributed by atoms with E-state index < -0.39 is 28.0 Å². The number of benzene rings is 1. The van der Waals surface area contributed by atoms with Gasteiger partial charge in [-0.15, -0.1) is 0 Å². The van der Waals surface area contributed by atoms with Crippen LogP contribution in [0.2, 0.25) is 0 Å².